The molecule has 1 saturated heterocycles. The van der Waals surface area contributed by atoms with Crippen LogP contribution in [0.3, 0.4) is 0 Å². The van der Waals surface area contributed by atoms with Gasteiger partial charge in [0.25, 0.3) is 0 Å². The SMILES string of the molecule is BrB(Br)Br.C1CCOC1.CC=C(c1ccc(OC)c(C)c1)c1ccc(OC)c(C)c1.CCCCCC(=O)OCC.COc1c[c-]ccc1OC.COc1ccc(C2(c3ccc(OC)c(C)c3)CC2C)cc1C.COc1ccc(C2(c3ccc(OC)c(C)c3)CC2C)cc1C.[Br-].[Mg+2]. The molecule has 0 bridgehead atoms. The minimum atomic E-state index is -0.0593. The number of ether oxygens (including phenoxy) is 10. The second-order valence-electron chi connectivity index (χ2n) is 23.6. The Bertz CT molecular complexity index is 3170. The second-order valence-corrected chi connectivity index (χ2v) is 30.0. The largest absolute Gasteiger partial charge is 2.00 e. The van der Waals surface area contributed by atoms with Gasteiger partial charge in [-0.15, -0.1) is 59.4 Å². The van der Waals surface area contributed by atoms with Crippen LogP contribution in [0.5, 0.6) is 46.0 Å². The van der Waals surface area contributed by atoms with Crippen LogP contribution in [-0.2, 0) is 25.1 Å². The Kier molecular flexibility index (Phi) is 40.6. The molecule has 2 saturated carbocycles. The summed E-state index contributed by atoms with van der Waals surface area (Å²) < 4.78 is 52.2. The van der Waals surface area contributed by atoms with Gasteiger partial charge >= 0.3 is 32.2 Å². The molecule has 0 spiro atoms. The van der Waals surface area contributed by atoms with E-state index in [1.165, 1.54) is 86.9 Å². The Hall–Kier alpha value is -5.14. The molecule has 17 heteroatoms. The third-order valence-electron chi connectivity index (χ3n) is 17.3. The van der Waals surface area contributed by atoms with Gasteiger partial charge in [0.2, 0.25) is 0 Å². The zero-order valence-electron chi connectivity index (χ0n) is 60.4. The predicted octanol–water partition coefficient (Wildman–Crippen LogP) is 17.3. The Morgan fingerprint density at radius 1 is 0.510 bits per heavy atom. The minimum Gasteiger partial charge on any atom is -1.00 e. The van der Waals surface area contributed by atoms with Crippen molar-refractivity contribution in [2.45, 2.75) is 138 Å². The first-order valence-electron chi connectivity index (χ1n) is 32.4. The van der Waals surface area contributed by atoms with Gasteiger partial charge in [0.15, 0.2) is 0 Å². The van der Waals surface area contributed by atoms with Gasteiger partial charge in [0.05, 0.1) is 69.2 Å². The summed E-state index contributed by atoms with van der Waals surface area (Å²) in [6.07, 6.45) is 10.9. The summed E-state index contributed by atoms with van der Waals surface area (Å²) in [5, 5.41) is 0. The molecule has 10 rings (SSSR count). The molecule has 3 aliphatic rings. The summed E-state index contributed by atoms with van der Waals surface area (Å²) in [4.78, 5) is 10.7. The minimum absolute atomic E-state index is 0. The third-order valence-corrected chi connectivity index (χ3v) is 17.3. The van der Waals surface area contributed by atoms with E-state index in [2.05, 4.69) is 226 Å². The number of carbonyl (C=O) groups excluding carboxylic acids is 1. The van der Waals surface area contributed by atoms with Gasteiger partial charge in [-0.25, -0.2) is 0 Å². The molecule has 2 aliphatic carbocycles. The standard InChI is InChI=1S/2C20H24O2.C19H22O2.C8H9O2.C8H16O2.C4H8O.BBr3.BrH.Mg/c2*1-13-10-16(6-8-18(13)21-4)20(12-15(20)3)17-7-9-19(22-5)14(2)11-17;1-6-17(15-7-9-18(20-4)13(2)11-15)16-8-10-19(21-5)14(3)12-16;1-9-7-5-3-4-6-8(7)10-2;1-3-5-6-7-8(9)10-4-2;1-2-4-5-3-1;2-1(3)4;;/h2*6-11,15H,12H2,1-5H3;6-12H,1-5H3;3,5-6H,1-2H3;3-7H2,1-2H3;1-4H2;;1H;/q;;;-1;;;;;+2/p-1. The Morgan fingerprint density at radius 2 is 0.823 bits per heavy atom. The fraction of sp³-hybridized carbons (Fsp3) is 0.430. The van der Waals surface area contributed by atoms with Crippen LogP contribution in [0.1, 0.15) is 153 Å². The van der Waals surface area contributed by atoms with Crippen LogP contribution in [0, 0.1) is 59.4 Å². The fourth-order valence-corrected chi connectivity index (χ4v) is 12.0. The van der Waals surface area contributed by atoms with Crippen LogP contribution in [-0.4, -0.2) is 109 Å². The smallest absolute Gasteiger partial charge is 1.00 e. The summed E-state index contributed by atoms with van der Waals surface area (Å²) in [5.41, 5.74) is 16.5. The van der Waals surface area contributed by atoms with Crippen molar-refractivity contribution in [3.8, 4) is 46.0 Å². The summed E-state index contributed by atoms with van der Waals surface area (Å²) in [7, 11) is 13.5. The number of hydrogen-bond donors (Lipinski definition) is 0. The predicted molar refractivity (Wildman–Crippen MR) is 406 cm³/mol. The van der Waals surface area contributed by atoms with Crippen molar-refractivity contribution >= 4 is 85.1 Å². The van der Waals surface area contributed by atoms with Crippen molar-refractivity contribution in [2.75, 3.05) is 76.7 Å². The molecule has 2 unspecified atom stereocenters. The number of methoxy groups -OCH3 is 8. The van der Waals surface area contributed by atoms with Gasteiger partial charge in [-0.05, 0) is 220 Å². The molecule has 7 aromatic carbocycles. The Balaban J connectivity index is 0.000000404. The summed E-state index contributed by atoms with van der Waals surface area (Å²) >= 11 is 9.31. The number of unbranched alkanes of at least 4 members (excludes halogenated alkanes) is 2. The number of rotatable bonds is 19. The van der Waals surface area contributed by atoms with E-state index in [0.29, 0.717) is 30.6 Å². The van der Waals surface area contributed by atoms with Gasteiger partial charge in [0.1, 0.15) is 34.5 Å². The zero-order valence-corrected chi connectivity index (χ0v) is 68.2. The molecule has 1 heterocycles. The number of aryl methyl sites for hydroxylation is 6. The number of esters is 1. The fourth-order valence-electron chi connectivity index (χ4n) is 12.0. The molecule has 96 heavy (non-hydrogen) atoms. The molecule has 0 aromatic heterocycles. The first-order chi connectivity index (χ1) is 45.1. The van der Waals surface area contributed by atoms with Crippen LogP contribution >= 0.6 is 47.3 Å². The Labute approximate surface area is 628 Å². The average molecular weight is 1580 g/mol. The molecule has 3 fully saturated rings. The molecule has 518 valence electrons. The van der Waals surface area contributed by atoms with Gasteiger partial charge in [-0.3, -0.25) is 4.79 Å². The van der Waals surface area contributed by atoms with E-state index >= 15 is 0 Å². The molecular formula is C79H103BBr4MgO11. The van der Waals surface area contributed by atoms with Gasteiger partial charge < -0.3 is 64.4 Å². The maximum atomic E-state index is 10.7. The van der Waals surface area contributed by atoms with Crippen molar-refractivity contribution in [3.05, 3.63) is 206 Å². The van der Waals surface area contributed by atoms with E-state index in [1.54, 1.807) is 75.1 Å². The summed E-state index contributed by atoms with van der Waals surface area (Å²) in [6, 6.07) is 47.1. The molecule has 11 nitrogen and oxygen atoms in total. The summed E-state index contributed by atoms with van der Waals surface area (Å²) in [6.45, 7) is 25.8. The van der Waals surface area contributed by atoms with Crippen LogP contribution in [0.4, 0.5) is 0 Å². The Morgan fingerprint density at radius 3 is 1.05 bits per heavy atom. The molecule has 0 amide bonds. The maximum Gasteiger partial charge on any atom is 2.00 e. The molecule has 0 radical (unpaired) electrons. The second kappa shape index (κ2) is 44.8. The maximum absolute atomic E-state index is 10.7. The van der Waals surface area contributed by atoms with E-state index in [-0.39, 0.29) is 60.0 Å². The van der Waals surface area contributed by atoms with Crippen molar-refractivity contribution in [2.24, 2.45) is 11.8 Å². The van der Waals surface area contributed by atoms with E-state index in [4.69, 9.17) is 47.4 Å². The van der Waals surface area contributed by atoms with Gasteiger partial charge in [-0.1, -0.05) is 100 Å². The van der Waals surface area contributed by atoms with Crippen LogP contribution < -0.4 is 54.9 Å². The van der Waals surface area contributed by atoms with E-state index in [0.717, 1.165) is 83.8 Å². The van der Waals surface area contributed by atoms with Crippen molar-refractivity contribution < 1.29 is 69.1 Å². The normalized spacial score (nSPS) is 14.3. The number of benzene rings is 7. The number of halogens is 4. The molecule has 0 N–H and O–H groups in total. The monoisotopic (exact) mass is 1580 g/mol. The molecule has 7 aromatic rings. The van der Waals surface area contributed by atoms with E-state index in [9.17, 15) is 4.79 Å². The molecule has 2 atom stereocenters. The van der Waals surface area contributed by atoms with Crippen LogP contribution in [0.25, 0.3) is 5.57 Å². The van der Waals surface area contributed by atoms with Gasteiger partial charge in [-0.2, -0.15) is 12.1 Å². The van der Waals surface area contributed by atoms with Crippen molar-refractivity contribution in [3.63, 3.8) is 0 Å². The van der Waals surface area contributed by atoms with Gasteiger partial charge in [0, 0.05) is 36.2 Å². The van der Waals surface area contributed by atoms with Crippen molar-refractivity contribution in [1.82, 2.24) is 0 Å². The zero-order chi connectivity index (χ0) is 69.5. The molecule has 1 aliphatic heterocycles. The number of hydrogen-bond acceptors (Lipinski definition) is 11. The average Bonchev–Trinajstić information content (AvgIpc) is 1.57. The number of carbonyl (C=O) groups is 1. The molecular weight excluding hydrogens is 1480 g/mol. The first-order valence-corrected chi connectivity index (χ1v) is 35.1. The quantitative estimate of drug-likeness (QED) is 0.0334. The van der Waals surface area contributed by atoms with Crippen LogP contribution in [0.2, 0.25) is 0 Å². The first kappa shape index (κ1) is 86.9. The topological polar surface area (TPSA) is 109 Å². The number of allylic oxidation sites excluding steroid dienone is 1. The van der Waals surface area contributed by atoms with Crippen molar-refractivity contribution in [1.29, 1.82) is 0 Å². The van der Waals surface area contributed by atoms with Crippen LogP contribution in [0.15, 0.2) is 133 Å². The third kappa shape index (κ3) is 25.2. The van der Waals surface area contributed by atoms with E-state index < -0.39 is 0 Å². The summed E-state index contributed by atoms with van der Waals surface area (Å²) in [5.74, 6) is 8.37. The van der Waals surface area contributed by atoms with E-state index in [1.807, 2.05) is 19.1 Å².